The number of carbonyl (C=O) groups excluding carboxylic acids is 2. The van der Waals surface area contributed by atoms with Gasteiger partial charge in [0.15, 0.2) is 17.3 Å². The molecule has 4 rings (SSSR count). The van der Waals surface area contributed by atoms with Crippen molar-refractivity contribution < 1.29 is 28.2 Å². The molecule has 2 aromatic rings. The van der Waals surface area contributed by atoms with Gasteiger partial charge in [-0.1, -0.05) is 13.8 Å². The van der Waals surface area contributed by atoms with Gasteiger partial charge < -0.3 is 24.8 Å². The van der Waals surface area contributed by atoms with E-state index in [1.165, 1.54) is 45.6 Å². The number of hydrogen-bond acceptors (Lipinski definition) is 6. The van der Waals surface area contributed by atoms with Crippen LogP contribution in [0, 0.1) is 11.2 Å². The Morgan fingerprint density at radius 2 is 1.64 bits per heavy atom. The summed E-state index contributed by atoms with van der Waals surface area (Å²) in [6.45, 7) is 5.93. The summed E-state index contributed by atoms with van der Waals surface area (Å²) < 4.78 is 30.0. The number of amides is 1. The van der Waals surface area contributed by atoms with Gasteiger partial charge in [-0.3, -0.25) is 9.59 Å². The molecule has 2 aliphatic rings. The van der Waals surface area contributed by atoms with E-state index in [9.17, 15) is 14.0 Å². The molecule has 36 heavy (non-hydrogen) atoms. The van der Waals surface area contributed by atoms with E-state index < -0.39 is 17.6 Å². The Hall–Kier alpha value is -3.81. The highest BCUT2D eigenvalue weighted by Gasteiger charge is 2.43. The van der Waals surface area contributed by atoms with Gasteiger partial charge in [-0.15, -0.1) is 0 Å². The zero-order chi connectivity index (χ0) is 26.2. The number of ether oxygens (including phenoxy) is 3. The number of methoxy groups -OCH3 is 3. The third-order valence-corrected chi connectivity index (χ3v) is 6.61. The fourth-order valence-corrected chi connectivity index (χ4v) is 5.07. The molecule has 2 N–H and O–H groups in total. The zero-order valence-electron chi connectivity index (χ0n) is 21.4. The molecule has 8 heteroatoms. The van der Waals surface area contributed by atoms with E-state index >= 15 is 0 Å². The molecule has 2 aromatic carbocycles. The SMILES string of the molecule is COc1cc(C2C(C(=O)Nc3ccc(F)cc3)=C(C)NC3=C2C(=O)CC(C)(C)C3)cc(OC)c1OC. The molecule has 0 saturated heterocycles. The minimum atomic E-state index is -0.668. The van der Waals surface area contributed by atoms with E-state index in [0.717, 1.165) is 5.70 Å². The van der Waals surface area contributed by atoms with Gasteiger partial charge in [0, 0.05) is 40.6 Å². The molecule has 1 heterocycles. The third kappa shape index (κ3) is 4.67. The van der Waals surface area contributed by atoms with Crippen LogP contribution in [0.15, 0.2) is 58.9 Å². The highest BCUT2D eigenvalue weighted by Crippen LogP contribution is 2.49. The lowest BCUT2D eigenvalue weighted by Crippen LogP contribution is -2.39. The van der Waals surface area contributed by atoms with Gasteiger partial charge >= 0.3 is 0 Å². The van der Waals surface area contributed by atoms with Crippen LogP contribution in [0.5, 0.6) is 17.2 Å². The van der Waals surface area contributed by atoms with Gasteiger partial charge in [0.05, 0.1) is 21.3 Å². The van der Waals surface area contributed by atoms with E-state index in [1.54, 1.807) is 12.1 Å². The summed E-state index contributed by atoms with van der Waals surface area (Å²) in [6.07, 6.45) is 1.03. The highest BCUT2D eigenvalue weighted by atomic mass is 19.1. The van der Waals surface area contributed by atoms with Crippen molar-refractivity contribution in [3.8, 4) is 17.2 Å². The minimum absolute atomic E-state index is 0.0212. The number of carbonyl (C=O) groups is 2. The van der Waals surface area contributed by atoms with Crippen molar-refractivity contribution in [2.75, 3.05) is 26.6 Å². The molecule has 1 amide bonds. The quantitative estimate of drug-likeness (QED) is 0.582. The number of dihydropyridines is 1. The number of Topliss-reactive ketones (excluding diaryl/α,β-unsaturated/α-hetero) is 1. The van der Waals surface area contributed by atoms with E-state index in [4.69, 9.17) is 14.2 Å². The molecule has 1 atom stereocenters. The normalized spacial score (nSPS) is 18.9. The van der Waals surface area contributed by atoms with Gasteiger partial charge in [0.1, 0.15) is 5.82 Å². The average molecular weight is 495 g/mol. The predicted octanol–water partition coefficient (Wildman–Crippen LogP) is 5.09. The summed E-state index contributed by atoms with van der Waals surface area (Å²) in [4.78, 5) is 27.2. The number of benzene rings is 2. The Morgan fingerprint density at radius 1 is 1.03 bits per heavy atom. The summed E-state index contributed by atoms with van der Waals surface area (Å²) in [5.41, 5.74) is 3.29. The van der Waals surface area contributed by atoms with Gasteiger partial charge in [-0.05, 0) is 60.7 Å². The summed E-state index contributed by atoms with van der Waals surface area (Å²) in [6, 6.07) is 9.08. The van der Waals surface area contributed by atoms with Crippen LogP contribution >= 0.6 is 0 Å². The van der Waals surface area contributed by atoms with Crippen LogP contribution in [0.3, 0.4) is 0 Å². The molecule has 1 aliphatic carbocycles. The molecule has 0 spiro atoms. The molecule has 1 aliphatic heterocycles. The van der Waals surface area contributed by atoms with Gasteiger partial charge in [0.25, 0.3) is 5.91 Å². The summed E-state index contributed by atoms with van der Waals surface area (Å²) >= 11 is 0. The fraction of sp³-hybridized carbons (Fsp3) is 0.357. The van der Waals surface area contributed by atoms with Gasteiger partial charge in [0.2, 0.25) is 5.75 Å². The van der Waals surface area contributed by atoms with E-state index in [2.05, 4.69) is 24.5 Å². The predicted molar refractivity (Wildman–Crippen MR) is 135 cm³/mol. The highest BCUT2D eigenvalue weighted by molar-refractivity contribution is 6.10. The smallest absolute Gasteiger partial charge is 0.254 e. The van der Waals surface area contributed by atoms with E-state index in [0.29, 0.717) is 58.2 Å². The van der Waals surface area contributed by atoms with Crippen molar-refractivity contribution >= 4 is 17.4 Å². The van der Waals surface area contributed by atoms with Crippen LogP contribution in [-0.4, -0.2) is 33.0 Å². The van der Waals surface area contributed by atoms with Crippen LogP contribution in [0.2, 0.25) is 0 Å². The van der Waals surface area contributed by atoms with Gasteiger partial charge in [-0.25, -0.2) is 4.39 Å². The summed E-state index contributed by atoms with van der Waals surface area (Å²) in [7, 11) is 4.56. The number of ketones is 1. The Balaban J connectivity index is 1.89. The lowest BCUT2D eigenvalue weighted by atomic mass is 9.68. The number of hydrogen-bond donors (Lipinski definition) is 2. The van der Waals surface area contributed by atoms with E-state index in [-0.39, 0.29) is 11.2 Å². The topological polar surface area (TPSA) is 85.9 Å². The van der Waals surface area contributed by atoms with Crippen LogP contribution in [0.1, 0.15) is 45.1 Å². The van der Waals surface area contributed by atoms with Crippen molar-refractivity contribution in [3.05, 3.63) is 70.3 Å². The third-order valence-electron chi connectivity index (χ3n) is 6.61. The van der Waals surface area contributed by atoms with Crippen molar-refractivity contribution in [3.63, 3.8) is 0 Å². The maximum Gasteiger partial charge on any atom is 0.254 e. The number of halogens is 1. The molecule has 0 aromatic heterocycles. The van der Waals surface area contributed by atoms with Crippen molar-refractivity contribution in [2.24, 2.45) is 5.41 Å². The molecular formula is C28H31FN2O5. The second-order valence-corrected chi connectivity index (χ2v) is 9.85. The van der Waals surface area contributed by atoms with Crippen molar-refractivity contribution in [2.45, 2.75) is 39.5 Å². The standard InChI is InChI=1S/C28H31FN2O5/c1-15-23(27(33)31-18-9-7-17(29)8-10-18)24(25-19(30-15)13-28(2,3)14-20(25)32)16-11-21(34-4)26(36-6)22(12-16)35-5/h7-12,24,30H,13-14H2,1-6H3,(H,31,33). The van der Waals surface area contributed by atoms with Crippen molar-refractivity contribution in [1.29, 1.82) is 0 Å². The molecule has 0 fully saturated rings. The lowest BCUT2D eigenvalue weighted by Gasteiger charge is -2.39. The first-order valence-electron chi connectivity index (χ1n) is 11.7. The number of rotatable bonds is 6. The van der Waals surface area contributed by atoms with Crippen LogP contribution < -0.4 is 24.8 Å². The number of allylic oxidation sites excluding steroid dienone is 3. The molecular weight excluding hydrogens is 463 g/mol. The van der Waals surface area contributed by atoms with Crippen LogP contribution in [0.4, 0.5) is 10.1 Å². The zero-order valence-corrected chi connectivity index (χ0v) is 21.4. The van der Waals surface area contributed by atoms with Crippen LogP contribution in [-0.2, 0) is 9.59 Å². The maximum absolute atomic E-state index is 13.7. The molecule has 190 valence electrons. The minimum Gasteiger partial charge on any atom is -0.493 e. The Bertz CT molecular complexity index is 1250. The molecule has 0 radical (unpaired) electrons. The average Bonchev–Trinajstić information content (AvgIpc) is 2.82. The second kappa shape index (κ2) is 9.68. The number of anilines is 1. The maximum atomic E-state index is 13.7. The Morgan fingerprint density at radius 3 is 2.19 bits per heavy atom. The largest absolute Gasteiger partial charge is 0.493 e. The first-order valence-corrected chi connectivity index (χ1v) is 11.7. The summed E-state index contributed by atoms with van der Waals surface area (Å²) in [5, 5.41) is 6.19. The number of nitrogens with one attached hydrogen (secondary N) is 2. The van der Waals surface area contributed by atoms with Crippen LogP contribution in [0.25, 0.3) is 0 Å². The molecule has 0 bridgehead atoms. The first-order chi connectivity index (χ1) is 17.1. The molecule has 7 nitrogen and oxygen atoms in total. The Kier molecular flexibility index (Phi) is 6.80. The monoisotopic (exact) mass is 494 g/mol. The Labute approximate surface area is 210 Å². The van der Waals surface area contributed by atoms with Gasteiger partial charge in [-0.2, -0.15) is 0 Å². The molecule has 0 saturated carbocycles. The first kappa shape index (κ1) is 25.3. The van der Waals surface area contributed by atoms with E-state index in [1.807, 2.05) is 6.92 Å². The lowest BCUT2D eigenvalue weighted by molar-refractivity contribution is -0.118. The summed E-state index contributed by atoms with van der Waals surface area (Å²) in [5.74, 6) is -0.219. The molecule has 1 unspecified atom stereocenters. The van der Waals surface area contributed by atoms with Crippen molar-refractivity contribution in [1.82, 2.24) is 5.32 Å². The second-order valence-electron chi connectivity index (χ2n) is 9.85. The fourth-order valence-electron chi connectivity index (χ4n) is 5.07.